The molecule has 0 fully saturated rings. The lowest BCUT2D eigenvalue weighted by Crippen LogP contribution is -2.41. The molecule has 0 saturated heterocycles. The minimum Gasteiger partial charge on any atom is -0.466 e. The van der Waals surface area contributed by atoms with E-state index < -0.39 is 8.32 Å². The van der Waals surface area contributed by atoms with E-state index in [1.807, 2.05) is 18.2 Å². The molecule has 6 heteroatoms. The van der Waals surface area contributed by atoms with Gasteiger partial charge >= 0.3 is 5.97 Å². The number of esters is 1. The molecule has 2 aromatic rings. The van der Waals surface area contributed by atoms with Crippen LogP contribution in [0.1, 0.15) is 61.9 Å². The van der Waals surface area contributed by atoms with E-state index >= 15 is 0 Å². The predicted octanol–water partition coefficient (Wildman–Crippen LogP) is 7.47. The third-order valence-corrected chi connectivity index (χ3v) is 12.7. The Hall–Kier alpha value is -1.92. The van der Waals surface area contributed by atoms with Crippen LogP contribution in [-0.2, 0) is 26.8 Å². The van der Waals surface area contributed by atoms with Gasteiger partial charge in [0.05, 0.1) is 7.11 Å². The number of benzene rings is 2. The van der Waals surface area contributed by atoms with Gasteiger partial charge in [0.15, 0.2) is 8.32 Å². The van der Waals surface area contributed by atoms with E-state index in [0.29, 0.717) is 6.04 Å². The average molecular weight is 528 g/mol. The lowest BCUT2D eigenvalue weighted by molar-refractivity contribution is -0.134. The molecule has 0 spiro atoms. The van der Waals surface area contributed by atoms with Gasteiger partial charge in [-0.05, 0) is 78.2 Å². The number of aryl methyl sites for hydroxylation is 1. The first kappa shape index (κ1) is 28.6. The maximum Gasteiger partial charge on any atom is 0.330 e. The molecule has 4 nitrogen and oxygen atoms in total. The van der Waals surface area contributed by atoms with Gasteiger partial charge in [0.25, 0.3) is 0 Å². The minimum absolute atomic E-state index is 0.223. The summed E-state index contributed by atoms with van der Waals surface area (Å²) in [6.45, 7) is 14.3. The highest BCUT2D eigenvalue weighted by Crippen LogP contribution is 2.38. The van der Waals surface area contributed by atoms with Crippen LogP contribution in [0.4, 0.5) is 0 Å². The van der Waals surface area contributed by atoms with Crippen LogP contribution in [0, 0.1) is 0 Å². The van der Waals surface area contributed by atoms with E-state index in [4.69, 9.17) is 20.8 Å². The molecule has 0 heterocycles. The highest BCUT2D eigenvalue weighted by molar-refractivity contribution is 6.74. The van der Waals surface area contributed by atoms with Gasteiger partial charge in [0, 0.05) is 36.8 Å². The first-order chi connectivity index (χ1) is 17.0. The Bertz CT molecular complexity index is 1060. The summed E-state index contributed by atoms with van der Waals surface area (Å²) in [7, 11) is -0.348. The molecular formula is C30H42ClNO3Si. The van der Waals surface area contributed by atoms with Gasteiger partial charge in [-0.1, -0.05) is 68.8 Å². The number of ether oxygens (including phenoxy) is 1. The van der Waals surface area contributed by atoms with Crippen molar-refractivity contribution >= 4 is 32.0 Å². The van der Waals surface area contributed by atoms with Gasteiger partial charge in [0.1, 0.15) is 0 Å². The van der Waals surface area contributed by atoms with Crippen LogP contribution in [0.2, 0.25) is 23.2 Å². The Morgan fingerprint density at radius 1 is 1.17 bits per heavy atom. The molecule has 1 atom stereocenters. The molecule has 0 aromatic heterocycles. The Labute approximate surface area is 223 Å². The molecule has 2 aromatic carbocycles. The zero-order chi connectivity index (χ0) is 26.3. The van der Waals surface area contributed by atoms with Crippen molar-refractivity contribution in [2.45, 2.75) is 70.6 Å². The summed E-state index contributed by atoms with van der Waals surface area (Å²) in [6, 6.07) is 15.1. The second-order valence-electron chi connectivity index (χ2n) is 11.2. The first-order valence-corrected chi connectivity index (χ1v) is 16.3. The third kappa shape index (κ3) is 7.55. The monoisotopic (exact) mass is 527 g/mol. The van der Waals surface area contributed by atoms with E-state index in [1.54, 1.807) is 0 Å². The van der Waals surface area contributed by atoms with Gasteiger partial charge in [-0.15, -0.1) is 0 Å². The maximum atomic E-state index is 11.5. The average Bonchev–Trinajstić information content (AvgIpc) is 3.25. The number of hydrogen-bond acceptors (Lipinski definition) is 4. The summed E-state index contributed by atoms with van der Waals surface area (Å²) in [4.78, 5) is 14.1. The number of rotatable bonds is 11. The highest BCUT2D eigenvalue weighted by atomic mass is 35.5. The summed E-state index contributed by atoms with van der Waals surface area (Å²) in [5, 5.41) is 1.06. The number of nitrogens with zero attached hydrogens (tertiary/aromatic N) is 1. The topological polar surface area (TPSA) is 38.8 Å². The van der Waals surface area contributed by atoms with Gasteiger partial charge in [-0.2, -0.15) is 0 Å². The Balaban J connectivity index is 1.72. The quantitative estimate of drug-likeness (QED) is 0.131. The van der Waals surface area contributed by atoms with Gasteiger partial charge in [-0.3, -0.25) is 4.90 Å². The second-order valence-corrected chi connectivity index (χ2v) is 16.4. The molecule has 196 valence electrons. The smallest absolute Gasteiger partial charge is 0.330 e. The van der Waals surface area contributed by atoms with Gasteiger partial charge in [-0.25, -0.2) is 4.79 Å². The van der Waals surface area contributed by atoms with Crippen LogP contribution in [0.15, 0.2) is 48.5 Å². The van der Waals surface area contributed by atoms with Crippen molar-refractivity contribution in [3.05, 3.63) is 75.8 Å². The number of halogens is 1. The molecule has 0 N–H and O–H groups in total. The first-order valence-electron chi connectivity index (χ1n) is 13.0. The van der Waals surface area contributed by atoms with Crippen LogP contribution in [0.5, 0.6) is 0 Å². The standard InChI is InChI=1S/C30H42ClNO3Si/c1-30(2,3)36(5,6)35-21-9-19-32(20-18-24-10-7-8-11-27(24)31)28-16-14-25-22-23(12-15-26(25)28)13-17-29(33)34-4/h7-8,10-13,15,17,22,28H,9,14,16,18-21H2,1-6H3/b17-13+. The molecule has 0 amide bonds. The van der Waals surface area contributed by atoms with E-state index in [1.165, 1.54) is 29.9 Å². The second kappa shape index (κ2) is 12.5. The molecule has 0 saturated carbocycles. The summed E-state index contributed by atoms with van der Waals surface area (Å²) in [5.41, 5.74) is 5.00. The van der Waals surface area contributed by atoms with E-state index in [9.17, 15) is 4.79 Å². The minimum atomic E-state index is -1.75. The SMILES string of the molecule is COC(=O)/C=C/c1ccc2c(c1)CCC2N(CCCO[Si](C)(C)C(C)(C)C)CCc1ccccc1Cl. The van der Waals surface area contributed by atoms with E-state index in [2.05, 4.69) is 69.1 Å². The van der Waals surface area contributed by atoms with Crippen molar-refractivity contribution in [3.63, 3.8) is 0 Å². The van der Waals surface area contributed by atoms with Crippen molar-refractivity contribution in [2.75, 3.05) is 26.8 Å². The molecule has 0 bridgehead atoms. The Morgan fingerprint density at radius 3 is 2.61 bits per heavy atom. The molecule has 1 unspecified atom stereocenters. The summed E-state index contributed by atoms with van der Waals surface area (Å²) in [6.07, 6.45) is 7.39. The fourth-order valence-corrected chi connectivity index (χ4v) is 5.85. The van der Waals surface area contributed by atoms with Crippen molar-refractivity contribution in [1.29, 1.82) is 0 Å². The third-order valence-electron chi connectivity index (χ3n) is 7.75. The van der Waals surface area contributed by atoms with Crippen molar-refractivity contribution in [3.8, 4) is 0 Å². The molecule has 1 aliphatic carbocycles. The molecule has 1 aliphatic rings. The van der Waals surface area contributed by atoms with Crippen molar-refractivity contribution < 1.29 is 14.0 Å². The normalized spacial score (nSPS) is 16.1. The van der Waals surface area contributed by atoms with Crippen molar-refractivity contribution in [2.24, 2.45) is 0 Å². The van der Waals surface area contributed by atoms with Crippen LogP contribution in [-0.4, -0.2) is 46.0 Å². The van der Waals surface area contributed by atoms with Crippen LogP contribution in [0.25, 0.3) is 6.08 Å². The zero-order valence-corrected chi connectivity index (χ0v) is 24.5. The summed E-state index contributed by atoms with van der Waals surface area (Å²) < 4.78 is 11.2. The molecular weight excluding hydrogens is 486 g/mol. The van der Waals surface area contributed by atoms with Crippen molar-refractivity contribution in [1.82, 2.24) is 4.90 Å². The number of fused-ring (bicyclic) bond motifs is 1. The number of hydrogen-bond donors (Lipinski definition) is 0. The molecule has 0 radical (unpaired) electrons. The molecule has 36 heavy (non-hydrogen) atoms. The van der Waals surface area contributed by atoms with Gasteiger partial charge < -0.3 is 9.16 Å². The number of carbonyl (C=O) groups is 1. The predicted molar refractivity (Wildman–Crippen MR) is 153 cm³/mol. The van der Waals surface area contributed by atoms with Gasteiger partial charge in [0.2, 0.25) is 0 Å². The Morgan fingerprint density at radius 2 is 1.92 bits per heavy atom. The van der Waals surface area contributed by atoms with Crippen LogP contribution >= 0.6 is 11.6 Å². The number of carbonyl (C=O) groups excluding carboxylic acids is 1. The zero-order valence-electron chi connectivity index (χ0n) is 22.8. The van der Waals surface area contributed by atoms with Crippen LogP contribution in [0.3, 0.4) is 0 Å². The fraction of sp³-hybridized carbons (Fsp3) is 0.500. The van der Waals surface area contributed by atoms with E-state index in [0.717, 1.165) is 56.0 Å². The maximum absolute atomic E-state index is 11.5. The lowest BCUT2D eigenvalue weighted by Gasteiger charge is -2.36. The molecule has 3 rings (SSSR count). The Kier molecular flexibility index (Phi) is 9.99. The fourth-order valence-electron chi connectivity index (χ4n) is 4.53. The van der Waals surface area contributed by atoms with E-state index in [-0.39, 0.29) is 11.0 Å². The summed E-state index contributed by atoms with van der Waals surface area (Å²) in [5.74, 6) is -0.334. The highest BCUT2D eigenvalue weighted by Gasteiger charge is 2.37. The number of methoxy groups -OCH3 is 1. The largest absolute Gasteiger partial charge is 0.466 e. The lowest BCUT2D eigenvalue weighted by atomic mass is 10.0. The summed E-state index contributed by atoms with van der Waals surface area (Å²) >= 11 is 6.47. The molecule has 0 aliphatic heterocycles. The van der Waals surface area contributed by atoms with Crippen LogP contribution < -0.4 is 0 Å².